The van der Waals surface area contributed by atoms with Crippen molar-refractivity contribution in [3.63, 3.8) is 0 Å². The molecule has 0 spiro atoms. The van der Waals surface area contributed by atoms with Crippen LogP contribution in [0.1, 0.15) is 17.0 Å². The van der Waals surface area contributed by atoms with E-state index in [4.69, 9.17) is 13.9 Å². The predicted molar refractivity (Wildman–Crippen MR) is 71.6 cm³/mol. The predicted octanol–water partition coefficient (Wildman–Crippen LogP) is 1.96. The van der Waals surface area contributed by atoms with Crippen LogP contribution in [-0.2, 0) is 3.82 Å². The van der Waals surface area contributed by atoms with E-state index in [9.17, 15) is 0 Å². The van der Waals surface area contributed by atoms with E-state index in [1.54, 1.807) is 0 Å². The Morgan fingerprint density at radius 2 is 1.47 bits per heavy atom. The van der Waals surface area contributed by atoms with Crippen molar-refractivity contribution in [1.82, 2.24) is 0 Å². The van der Waals surface area contributed by atoms with Crippen LogP contribution < -0.4 is 8.92 Å². The molecule has 2 aromatic carbocycles. The Morgan fingerprint density at radius 1 is 0.941 bits per heavy atom. The third-order valence-electron chi connectivity index (χ3n) is 3.55. The van der Waals surface area contributed by atoms with E-state index < -0.39 is 12.3 Å². The zero-order chi connectivity index (χ0) is 11.5. The van der Waals surface area contributed by atoms with E-state index in [1.165, 1.54) is 20.1 Å². The summed E-state index contributed by atoms with van der Waals surface area (Å²) in [5.41, 5.74) is 2.76. The molecule has 86 valence electrons. The van der Waals surface area contributed by atoms with E-state index in [0.717, 1.165) is 6.61 Å². The molecule has 2 aromatic rings. The van der Waals surface area contributed by atoms with Crippen molar-refractivity contribution in [3.8, 4) is 0 Å². The van der Waals surface area contributed by atoms with Gasteiger partial charge in [-0.25, -0.2) is 0 Å². The minimum atomic E-state index is -2.62. The Bertz CT molecular complexity index is 563. The molecule has 0 saturated heterocycles. The normalized spacial score (nSPS) is 32.4. The van der Waals surface area contributed by atoms with Crippen molar-refractivity contribution in [2.45, 2.75) is 5.92 Å². The molecule has 0 unspecified atom stereocenters. The van der Waals surface area contributed by atoms with Gasteiger partial charge < -0.3 is 0 Å². The van der Waals surface area contributed by atoms with Gasteiger partial charge in [-0.05, 0) is 0 Å². The van der Waals surface area contributed by atoms with Gasteiger partial charge in [0.05, 0.1) is 0 Å². The summed E-state index contributed by atoms with van der Waals surface area (Å²) in [5.74, 6) is 0.375. The van der Waals surface area contributed by atoms with Crippen LogP contribution in [0.3, 0.4) is 0 Å². The third kappa shape index (κ3) is 1.19. The molecule has 17 heavy (non-hydrogen) atoms. The molecule has 0 atom stereocenters. The Morgan fingerprint density at radius 3 is 2.06 bits per heavy atom. The van der Waals surface area contributed by atoms with E-state index in [0.29, 0.717) is 5.92 Å². The maximum absolute atomic E-state index is 6.89. The van der Waals surface area contributed by atoms with Crippen LogP contribution in [0.2, 0.25) is 0 Å². The first-order valence-electron chi connectivity index (χ1n) is 5.66. The molecule has 1 nitrogen and oxygen atoms in total. The van der Waals surface area contributed by atoms with Crippen LogP contribution in [0.25, 0.3) is 0 Å². The quantitative estimate of drug-likeness (QED) is 0.676. The zero-order valence-corrected chi connectivity index (χ0v) is 11.6. The van der Waals surface area contributed by atoms with Crippen LogP contribution in [-0.4, -0.2) is 18.9 Å². The van der Waals surface area contributed by atoms with Crippen molar-refractivity contribution in [2.75, 3.05) is 6.61 Å². The average molecular weight is 310 g/mol. The van der Waals surface area contributed by atoms with Gasteiger partial charge in [-0.15, -0.1) is 0 Å². The summed E-state index contributed by atoms with van der Waals surface area (Å²) in [6, 6.07) is 17.0. The third-order valence-corrected chi connectivity index (χ3v) is 10.6. The standard InChI is InChI=1S/C14H11ClOSe/c15-17-13-7-3-1-5-10(13)12(9-16-17)11-6-2-4-8-14(11)17/h1-8,12H,9H2. The number of fused-ring (bicyclic) bond motifs is 1. The van der Waals surface area contributed by atoms with E-state index in [1.807, 2.05) is 0 Å². The first-order chi connectivity index (χ1) is 8.31. The summed E-state index contributed by atoms with van der Waals surface area (Å²) in [7, 11) is 6.89. The van der Waals surface area contributed by atoms with Crippen LogP contribution >= 0.6 is 10.1 Å². The fraction of sp³-hybridized carbons (Fsp3) is 0.143. The Balaban J connectivity index is 2.10. The molecule has 0 N–H and O–H groups in total. The van der Waals surface area contributed by atoms with Crippen LogP contribution in [0.5, 0.6) is 0 Å². The second-order valence-electron chi connectivity index (χ2n) is 4.40. The van der Waals surface area contributed by atoms with Crippen molar-refractivity contribution in [2.24, 2.45) is 0 Å². The van der Waals surface area contributed by atoms with Crippen LogP contribution in [0, 0.1) is 0 Å². The number of hydrogen-bond acceptors (Lipinski definition) is 1. The van der Waals surface area contributed by atoms with Crippen molar-refractivity contribution in [1.29, 1.82) is 0 Å². The van der Waals surface area contributed by atoms with Crippen LogP contribution in [0.4, 0.5) is 0 Å². The van der Waals surface area contributed by atoms with E-state index in [-0.39, 0.29) is 0 Å². The molecule has 3 heterocycles. The zero-order valence-electron chi connectivity index (χ0n) is 9.10. The van der Waals surface area contributed by atoms with Gasteiger partial charge in [0.1, 0.15) is 0 Å². The van der Waals surface area contributed by atoms with Gasteiger partial charge in [0.15, 0.2) is 0 Å². The SMILES string of the molecule is Cl[Se]12OCC(c3ccccc31)c1ccccc12. The number of rotatable bonds is 0. The maximum atomic E-state index is 6.89. The number of halogens is 1. The molecule has 0 saturated carbocycles. The van der Waals surface area contributed by atoms with Crippen molar-refractivity contribution < 1.29 is 3.82 Å². The molecule has 0 amide bonds. The van der Waals surface area contributed by atoms with Gasteiger partial charge in [-0.2, -0.15) is 0 Å². The van der Waals surface area contributed by atoms with E-state index >= 15 is 0 Å². The summed E-state index contributed by atoms with van der Waals surface area (Å²) in [6.45, 7) is 0.748. The van der Waals surface area contributed by atoms with Crippen molar-refractivity contribution in [3.05, 3.63) is 59.7 Å². The van der Waals surface area contributed by atoms with Gasteiger partial charge in [0.2, 0.25) is 0 Å². The molecular weight excluding hydrogens is 299 g/mol. The molecule has 0 aliphatic carbocycles. The molecule has 0 radical (unpaired) electrons. The summed E-state index contributed by atoms with van der Waals surface area (Å²) < 4.78 is 8.57. The molecule has 5 rings (SSSR count). The summed E-state index contributed by atoms with van der Waals surface area (Å²) in [5, 5.41) is 0. The summed E-state index contributed by atoms with van der Waals surface area (Å²) >= 11 is -2.62. The van der Waals surface area contributed by atoms with Gasteiger partial charge in [-0.1, -0.05) is 0 Å². The first kappa shape index (κ1) is 10.2. The molecule has 2 bridgehead atoms. The van der Waals surface area contributed by atoms with Crippen molar-refractivity contribution >= 4 is 31.3 Å². The number of benzene rings is 2. The Labute approximate surface area is 107 Å². The molecule has 0 aromatic heterocycles. The minimum absolute atomic E-state index is 0.375. The van der Waals surface area contributed by atoms with Gasteiger partial charge in [0.25, 0.3) is 0 Å². The fourth-order valence-electron chi connectivity index (χ4n) is 2.77. The first-order valence-corrected chi connectivity index (χ1v) is 10.3. The van der Waals surface area contributed by atoms with Crippen LogP contribution in [0.15, 0.2) is 48.5 Å². The fourth-order valence-corrected chi connectivity index (χ4v) is 9.42. The second kappa shape index (κ2) is 3.36. The monoisotopic (exact) mass is 310 g/mol. The van der Waals surface area contributed by atoms with E-state index in [2.05, 4.69) is 48.5 Å². The average Bonchev–Trinajstić information content (AvgIpc) is 2.40. The second-order valence-corrected chi connectivity index (χ2v) is 11.0. The van der Waals surface area contributed by atoms with Gasteiger partial charge in [-0.3, -0.25) is 0 Å². The summed E-state index contributed by atoms with van der Waals surface area (Å²) in [6.07, 6.45) is 0. The molecule has 3 aliphatic rings. The molecule has 3 aliphatic heterocycles. The van der Waals surface area contributed by atoms with Gasteiger partial charge >= 0.3 is 107 Å². The molecule has 3 heteroatoms. The van der Waals surface area contributed by atoms with Gasteiger partial charge in [0, 0.05) is 0 Å². The Kier molecular flexibility index (Phi) is 2.01. The number of hydrogen-bond donors (Lipinski definition) is 0. The summed E-state index contributed by atoms with van der Waals surface area (Å²) in [4.78, 5) is 0. The topological polar surface area (TPSA) is 9.23 Å². The molecular formula is C14H11ClOSe. The molecule has 0 fully saturated rings. The Hall–Kier alpha value is -0.791.